The number of rotatable bonds is 3. The molecule has 2 aromatic rings. The Morgan fingerprint density at radius 3 is 2.65 bits per heavy atom. The van der Waals surface area contributed by atoms with Crippen molar-refractivity contribution in [2.45, 2.75) is 13.5 Å². The summed E-state index contributed by atoms with van der Waals surface area (Å²) in [5.74, 6) is 0.0267. The number of aryl methyl sites for hydroxylation is 1. The van der Waals surface area contributed by atoms with Crippen LogP contribution in [0.25, 0.3) is 0 Å². The fourth-order valence-corrected chi connectivity index (χ4v) is 2.03. The minimum atomic E-state index is -0.158. The monoisotopic (exact) mass is 270 g/mol. The minimum Gasteiger partial charge on any atom is -0.508 e. The zero-order valence-electron chi connectivity index (χ0n) is 11.6. The van der Waals surface area contributed by atoms with Gasteiger partial charge in [0.05, 0.1) is 5.56 Å². The van der Waals surface area contributed by atoms with Gasteiger partial charge in [-0.05, 0) is 25.1 Å². The maximum Gasteiger partial charge on any atom is 0.255 e. The van der Waals surface area contributed by atoms with Gasteiger partial charge in [-0.15, -0.1) is 0 Å². The molecule has 0 heterocycles. The number of nitrogens with zero attached hydrogens (tertiary/aromatic N) is 1. The van der Waals surface area contributed by atoms with Gasteiger partial charge in [0.1, 0.15) is 5.75 Å². The van der Waals surface area contributed by atoms with Crippen molar-refractivity contribution < 1.29 is 9.90 Å². The Kier molecular flexibility index (Phi) is 3.94. The van der Waals surface area contributed by atoms with Gasteiger partial charge >= 0.3 is 0 Å². The molecule has 2 rings (SSSR count). The maximum absolute atomic E-state index is 12.4. The second kappa shape index (κ2) is 5.65. The molecule has 0 saturated heterocycles. The molecule has 0 saturated carbocycles. The number of para-hydroxylation sites is 1. The molecule has 3 N–H and O–H groups in total. The Morgan fingerprint density at radius 2 is 1.95 bits per heavy atom. The molecule has 2 aromatic carbocycles. The van der Waals surface area contributed by atoms with E-state index in [1.807, 2.05) is 19.1 Å². The Morgan fingerprint density at radius 1 is 1.25 bits per heavy atom. The van der Waals surface area contributed by atoms with Crippen molar-refractivity contribution in [3.05, 3.63) is 59.2 Å². The smallest absolute Gasteiger partial charge is 0.255 e. The highest BCUT2D eigenvalue weighted by Crippen LogP contribution is 2.20. The van der Waals surface area contributed by atoms with Crippen LogP contribution in [0.2, 0.25) is 0 Å². The Labute approximate surface area is 118 Å². The van der Waals surface area contributed by atoms with Crippen LogP contribution in [0.15, 0.2) is 42.5 Å². The van der Waals surface area contributed by atoms with Crippen LogP contribution in [0.4, 0.5) is 5.69 Å². The third-order valence-electron chi connectivity index (χ3n) is 3.19. The second-order valence-corrected chi connectivity index (χ2v) is 4.88. The second-order valence-electron chi connectivity index (χ2n) is 4.88. The van der Waals surface area contributed by atoms with E-state index >= 15 is 0 Å². The van der Waals surface area contributed by atoms with Crippen LogP contribution in [0.5, 0.6) is 5.75 Å². The largest absolute Gasteiger partial charge is 0.508 e. The van der Waals surface area contributed by atoms with E-state index in [0.29, 0.717) is 23.4 Å². The number of hydrogen-bond acceptors (Lipinski definition) is 3. The van der Waals surface area contributed by atoms with Crippen LogP contribution in [-0.2, 0) is 6.54 Å². The zero-order chi connectivity index (χ0) is 14.7. The predicted octanol–water partition coefficient (Wildman–Crippen LogP) is 2.56. The maximum atomic E-state index is 12.4. The summed E-state index contributed by atoms with van der Waals surface area (Å²) in [4.78, 5) is 13.9. The molecule has 4 heteroatoms. The topological polar surface area (TPSA) is 66.6 Å². The van der Waals surface area contributed by atoms with E-state index in [1.54, 1.807) is 42.3 Å². The SMILES string of the molecule is Cc1ccc(N)c(C(=O)N(C)Cc2ccccc2O)c1. The van der Waals surface area contributed by atoms with Gasteiger partial charge in [0, 0.05) is 24.8 Å². The summed E-state index contributed by atoms with van der Waals surface area (Å²) in [6.07, 6.45) is 0. The quantitative estimate of drug-likeness (QED) is 0.842. The molecule has 20 heavy (non-hydrogen) atoms. The normalized spacial score (nSPS) is 10.3. The number of anilines is 1. The molecular formula is C16H18N2O2. The average molecular weight is 270 g/mol. The molecule has 0 aliphatic rings. The van der Waals surface area contributed by atoms with E-state index in [2.05, 4.69) is 0 Å². The first-order chi connectivity index (χ1) is 9.49. The summed E-state index contributed by atoms with van der Waals surface area (Å²) in [5, 5.41) is 9.75. The van der Waals surface area contributed by atoms with Crippen molar-refractivity contribution in [3.8, 4) is 5.75 Å². The number of phenolic OH excluding ortho intramolecular Hbond substituents is 1. The highest BCUT2D eigenvalue weighted by molar-refractivity contribution is 5.99. The fraction of sp³-hybridized carbons (Fsp3) is 0.188. The summed E-state index contributed by atoms with van der Waals surface area (Å²) in [7, 11) is 1.69. The molecule has 0 atom stereocenters. The molecule has 1 amide bonds. The first-order valence-corrected chi connectivity index (χ1v) is 6.37. The van der Waals surface area contributed by atoms with E-state index in [-0.39, 0.29) is 11.7 Å². The first kappa shape index (κ1) is 13.9. The number of benzene rings is 2. The molecular weight excluding hydrogens is 252 g/mol. The number of phenols is 1. The molecule has 0 aliphatic carbocycles. The molecule has 0 radical (unpaired) electrons. The number of hydrogen-bond donors (Lipinski definition) is 2. The van der Waals surface area contributed by atoms with E-state index < -0.39 is 0 Å². The Bertz CT molecular complexity index is 638. The van der Waals surface area contributed by atoms with E-state index in [1.165, 1.54) is 0 Å². The van der Waals surface area contributed by atoms with E-state index in [4.69, 9.17) is 5.73 Å². The van der Waals surface area contributed by atoms with Gasteiger partial charge in [0.25, 0.3) is 5.91 Å². The molecule has 0 unspecified atom stereocenters. The zero-order valence-corrected chi connectivity index (χ0v) is 11.6. The van der Waals surface area contributed by atoms with E-state index in [0.717, 1.165) is 5.56 Å². The standard InChI is InChI=1S/C16H18N2O2/c1-11-7-8-14(17)13(9-11)16(20)18(2)10-12-5-3-4-6-15(12)19/h3-9,19H,10,17H2,1-2H3. The lowest BCUT2D eigenvalue weighted by Crippen LogP contribution is -2.27. The van der Waals surface area contributed by atoms with Crippen molar-refractivity contribution >= 4 is 11.6 Å². The third-order valence-corrected chi connectivity index (χ3v) is 3.19. The molecule has 0 aliphatic heterocycles. The number of aromatic hydroxyl groups is 1. The van der Waals surface area contributed by atoms with Crippen LogP contribution < -0.4 is 5.73 Å². The highest BCUT2D eigenvalue weighted by Gasteiger charge is 2.16. The molecule has 4 nitrogen and oxygen atoms in total. The highest BCUT2D eigenvalue weighted by atomic mass is 16.3. The predicted molar refractivity (Wildman–Crippen MR) is 79.5 cm³/mol. The van der Waals surface area contributed by atoms with Crippen molar-refractivity contribution in [3.63, 3.8) is 0 Å². The number of carbonyl (C=O) groups is 1. The number of amides is 1. The van der Waals surface area contributed by atoms with Crippen molar-refractivity contribution in [1.29, 1.82) is 0 Å². The molecule has 0 bridgehead atoms. The summed E-state index contributed by atoms with van der Waals surface area (Å²) < 4.78 is 0. The fourth-order valence-electron chi connectivity index (χ4n) is 2.03. The van der Waals surface area contributed by atoms with Crippen LogP contribution in [0, 0.1) is 6.92 Å². The Balaban J connectivity index is 2.21. The van der Waals surface area contributed by atoms with Crippen LogP contribution in [0.3, 0.4) is 0 Å². The van der Waals surface area contributed by atoms with E-state index in [9.17, 15) is 9.90 Å². The number of carbonyl (C=O) groups excluding carboxylic acids is 1. The van der Waals surface area contributed by atoms with Gasteiger partial charge in [-0.2, -0.15) is 0 Å². The van der Waals surface area contributed by atoms with Crippen molar-refractivity contribution in [1.82, 2.24) is 4.90 Å². The lowest BCUT2D eigenvalue weighted by Gasteiger charge is -2.19. The number of nitrogen functional groups attached to an aromatic ring is 1. The van der Waals surface area contributed by atoms with Crippen LogP contribution in [0.1, 0.15) is 21.5 Å². The summed E-state index contributed by atoms with van der Waals surface area (Å²) >= 11 is 0. The van der Waals surface area contributed by atoms with Crippen LogP contribution in [-0.4, -0.2) is 23.0 Å². The number of nitrogens with two attached hydrogens (primary N) is 1. The summed E-state index contributed by atoms with van der Waals surface area (Å²) in [6, 6.07) is 12.4. The average Bonchev–Trinajstić information content (AvgIpc) is 2.43. The molecule has 0 fully saturated rings. The van der Waals surface area contributed by atoms with Gasteiger partial charge < -0.3 is 15.7 Å². The van der Waals surface area contributed by atoms with Crippen molar-refractivity contribution in [2.75, 3.05) is 12.8 Å². The molecule has 104 valence electrons. The molecule has 0 spiro atoms. The lowest BCUT2D eigenvalue weighted by atomic mass is 10.1. The van der Waals surface area contributed by atoms with Gasteiger partial charge in [-0.1, -0.05) is 29.8 Å². The van der Waals surface area contributed by atoms with Gasteiger partial charge in [0.15, 0.2) is 0 Å². The minimum absolute atomic E-state index is 0.158. The lowest BCUT2D eigenvalue weighted by molar-refractivity contribution is 0.0785. The summed E-state index contributed by atoms with van der Waals surface area (Å²) in [5.41, 5.74) is 8.49. The van der Waals surface area contributed by atoms with Gasteiger partial charge in [-0.25, -0.2) is 0 Å². The summed E-state index contributed by atoms with van der Waals surface area (Å²) in [6.45, 7) is 2.25. The van der Waals surface area contributed by atoms with Crippen molar-refractivity contribution in [2.24, 2.45) is 0 Å². The van der Waals surface area contributed by atoms with Gasteiger partial charge in [-0.3, -0.25) is 4.79 Å². The molecule has 0 aromatic heterocycles. The third kappa shape index (κ3) is 2.91. The first-order valence-electron chi connectivity index (χ1n) is 6.37. The Hall–Kier alpha value is -2.49. The van der Waals surface area contributed by atoms with Crippen LogP contribution >= 0.6 is 0 Å². The van der Waals surface area contributed by atoms with Gasteiger partial charge in [0.2, 0.25) is 0 Å².